The quantitative estimate of drug-likeness (QED) is 0.784. The van der Waals surface area contributed by atoms with Crippen LogP contribution in [0, 0.1) is 5.82 Å². The van der Waals surface area contributed by atoms with Crippen molar-refractivity contribution in [3.05, 3.63) is 65.1 Å². The van der Waals surface area contributed by atoms with E-state index in [1.165, 1.54) is 18.2 Å². The van der Waals surface area contributed by atoms with Crippen LogP contribution in [0.25, 0.3) is 10.8 Å². The highest BCUT2D eigenvalue weighted by Crippen LogP contribution is 2.33. The highest BCUT2D eigenvalue weighted by molar-refractivity contribution is 6.32. The number of hydrogen-bond donors (Lipinski definition) is 1. The third-order valence-electron chi connectivity index (χ3n) is 3.11. The van der Waals surface area contributed by atoms with Crippen molar-refractivity contribution in [1.29, 1.82) is 0 Å². The second-order valence-corrected chi connectivity index (χ2v) is 4.88. The van der Waals surface area contributed by atoms with Crippen LogP contribution in [0.1, 0.15) is 5.56 Å². The highest BCUT2D eigenvalue weighted by Gasteiger charge is 2.11. The van der Waals surface area contributed by atoms with E-state index in [9.17, 15) is 9.50 Å². The minimum atomic E-state index is -0.430. The molecule has 5 heteroatoms. The normalized spacial score (nSPS) is 10.8. The van der Waals surface area contributed by atoms with E-state index in [0.717, 1.165) is 10.8 Å². The number of aliphatic hydroxyl groups is 1. The summed E-state index contributed by atoms with van der Waals surface area (Å²) in [4.78, 5) is 4.20. The summed E-state index contributed by atoms with van der Waals surface area (Å²) in [5, 5.41) is 11.1. The molecule has 0 aliphatic carbocycles. The molecule has 106 valence electrons. The number of nitrogens with zero attached hydrogens (tertiary/aromatic N) is 1. The molecule has 0 spiro atoms. The standard InChI is InChI=1S/C16H11ClFNO2/c17-14-7-11(18)5-6-15(14)21-16-13-4-2-1-3-12(13)10(9-20)8-19-16/h1-8,20H,9H2. The molecule has 3 aromatic rings. The van der Waals surface area contributed by atoms with Crippen molar-refractivity contribution in [2.75, 3.05) is 0 Å². The van der Waals surface area contributed by atoms with Crippen LogP contribution in [0.3, 0.4) is 0 Å². The minimum absolute atomic E-state index is 0.106. The fraction of sp³-hybridized carbons (Fsp3) is 0.0625. The third-order valence-corrected chi connectivity index (χ3v) is 3.41. The Hall–Kier alpha value is -2.17. The van der Waals surface area contributed by atoms with Crippen molar-refractivity contribution < 1.29 is 14.2 Å². The molecule has 3 nitrogen and oxygen atoms in total. The molecule has 2 aromatic carbocycles. The number of hydrogen-bond acceptors (Lipinski definition) is 3. The maximum atomic E-state index is 13.1. The van der Waals surface area contributed by atoms with E-state index in [-0.39, 0.29) is 11.6 Å². The Balaban J connectivity index is 2.09. The van der Waals surface area contributed by atoms with Gasteiger partial charge in [-0.3, -0.25) is 0 Å². The van der Waals surface area contributed by atoms with E-state index in [0.29, 0.717) is 17.2 Å². The predicted octanol–water partition coefficient (Wildman–Crippen LogP) is 4.31. The van der Waals surface area contributed by atoms with Crippen LogP contribution < -0.4 is 4.74 Å². The van der Waals surface area contributed by atoms with Crippen molar-refractivity contribution in [2.45, 2.75) is 6.61 Å². The number of rotatable bonds is 3. The molecule has 0 radical (unpaired) electrons. The Morgan fingerprint density at radius 1 is 1.14 bits per heavy atom. The second kappa shape index (κ2) is 5.68. The lowest BCUT2D eigenvalue weighted by Crippen LogP contribution is -1.94. The van der Waals surface area contributed by atoms with E-state index in [4.69, 9.17) is 16.3 Å². The smallest absolute Gasteiger partial charge is 0.227 e. The molecule has 0 unspecified atom stereocenters. The Bertz CT molecular complexity index is 807. The van der Waals surface area contributed by atoms with Crippen molar-refractivity contribution in [3.63, 3.8) is 0 Å². The maximum absolute atomic E-state index is 13.1. The summed E-state index contributed by atoms with van der Waals surface area (Å²) in [5.41, 5.74) is 0.711. The number of halogens is 2. The van der Waals surface area contributed by atoms with Gasteiger partial charge in [0.15, 0.2) is 0 Å². The zero-order valence-corrected chi connectivity index (χ0v) is 11.6. The Kier molecular flexibility index (Phi) is 3.73. The summed E-state index contributed by atoms with van der Waals surface area (Å²) < 4.78 is 18.7. The predicted molar refractivity (Wildman–Crippen MR) is 79.1 cm³/mol. The molecule has 0 amide bonds. The van der Waals surface area contributed by atoms with Crippen LogP contribution in [-0.2, 0) is 6.61 Å². The zero-order valence-electron chi connectivity index (χ0n) is 10.9. The average molecular weight is 304 g/mol. The molecule has 0 atom stereocenters. The van der Waals surface area contributed by atoms with Gasteiger partial charge in [-0.1, -0.05) is 29.8 Å². The first-order chi connectivity index (χ1) is 10.2. The molecule has 21 heavy (non-hydrogen) atoms. The fourth-order valence-electron chi connectivity index (χ4n) is 2.09. The first kappa shape index (κ1) is 13.8. The van der Waals surface area contributed by atoms with Crippen molar-refractivity contribution in [3.8, 4) is 11.6 Å². The molecule has 0 bridgehead atoms. The minimum Gasteiger partial charge on any atom is -0.437 e. The number of pyridine rings is 1. The molecule has 1 N–H and O–H groups in total. The van der Waals surface area contributed by atoms with Crippen LogP contribution in [0.2, 0.25) is 5.02 Å². The SMILES string of the molecule is OCc1cnc(Oc2ccc(F)cc2Cl)c2ccccc12. The molecule has 0 fully saturated rings. The van der Waals surface area contributed by atoms with Crippen molar-refractivity contribution >= 4 is 22.4 Å². The molecular weight excluding hydrogens is 293 g/mol. The number of fused-ring (bicyclic) bond motifs is 1. The van der Waals surface area contributed by atoms with Crippen LogP contribution in [0.15, 0.2) is 48.7 Å². The largest absolute Gasteiger partial charge is 0.437 e. The molecule has 0 aliphatic heterocycles. The Morgan fingerprint density at radius 3 is 2.62 bits per heavy atom. The summed E-state index contributed by atoms with van der Waals surface area (Å²) in [6.07, 6.45) is 1.55. The van der Waals surface area contributed by atoms with E-state index >= 15 is 0 Å². The van der Waals surface area contributed by atoms with Crippen LogP contribution in [0.5, 0.6) is 11.6 Å². The van der Waals surface area contributed by atoms with Gasteiger partial charge in [-0.15, -0.1) is 0 Å². The van der Waals surface area contributed by atoms with Crippen LogP contribution in [0.4, 0.5) is 4.39 Å². The number of ether oxygens (including phenoxy) is 1. The topological polar surface area (TPSA) is 42.4 Å². The van der Waals surface area contributed by atoms with Crippen LogP contribution in [-0.4, -0.2) is 10.1 Å². The van der Waals surface area contributed by atoms with Gasteiger partial charge < -0.3 is 9.84 Å². The van der Waals surface area contributed by atoms with Gasteiger partial charge in [-0.05, 0) is 29.7 Å². The highest BCUT2D eigenvalue weighted by atomic mass is 35.5. The summed E-state index contributed by atoms with van der Waals surface area (Å²) in [6.45, 7) is -0.106. The second-order valence-electron chi connectivity index (χ2n) is 4.47. The lowest BCUT2D eigenvalue weighted by Gasteiger charge is -2.11. The van der Waals surface area contributed by atoms with Gasteiger partial charge in [0.05, 0.1) is 11.6 Å². The van der Waals surface area contributed by atoms with E-state index in [2.05, 4.69) is 4.98 Å². The molecule has 0 aliphatic rings. The molecule has 1 aromatic heterocycles. The van der Waals surface area contributed by atoms with Gasteiger partial charge in [-0.2, -0.15) is 0 Å². The van der Waals surface area contributed by atoms with Crippen LogP contribution >= 0.6 is 11.6 Å². The zero-order chi connectivity index (χ0) is 14.8. The molecule has 1 heterocycles. The lowest BCUT2D eigenvalue weighted by molar-refractivity contribution is 0.282. The number of aliphatic hydroxyl groups excluding tert-OH is 1. The fourth-order valence-corrected chi connectivity index (χ4v) is 2.30. The monoisotopic (exact) mass is 303 g/mol. The molecule has 3 rings (SSSR count). The van der Waals surface area contributed by atoms with E-state index < -0.39 is 5.82 Å². The molecule has 0 saturated heterocycles. The first-order valence-corrected chi connectivity index (χ1v) is 6.67. The average Bonchev–Trinajstić information content (AvgIpc) is 2.50. The third kappa shape index (κ3) is 2.68. The summed E-state index contributed by atoms with van der Waals surface area (Å²) in [6, 6.07) is 11.3. The number of benzene rings is 2. The molecule has 0 saturated carbocycles. The van der Waals surface area contributed by atoms with Gasteiger partial charge in [0.25, 0.3) is 0 Å². The first-order valence-electron chi connectivity index (χ1n) is 6.29. The Labute approximate surface area is 125 Å². The Morgan fingerprint density at radius 2 is 1.90 bits per heavy atom. The van der Waals surface area contributed by atoms with Gasteiger partial charge in [0.1, 0.15) is 11.6 Å². The van der Waals surface area contributed by atoms with Gasteiger partial charge >= 0.3 is 0 Å². The van der Waals surface area contributed by atoms with E-state index in [1.54, 1.807) is 6.20 Å². The summed E-state index contributed by atoms with van der Waals surface area (Å²) in [7, 11) is 0. The lowest BCUT2D eigenvalue weighted by atomic mass is 10.1. The van der Waals surface area contributed by atoms with Gasteiger partial charge in [0, 0.05) is 17.1 Å². The maximum Gasteiger partial charge on any atom is 0.227 e. The summed E-state index contributed by atoms with van der Waals surface area (Å²) >= 11 is 5.96. The van der Waals surface area contributed by atoms with Gasteiger partial charge in [0.2, 0.25) is 5.88 Å². The van der Waals surface area contributed by atoms with Crippen molar-refractivity contribution in [2.24, 2.45) is 0 Å². The summed E-state index contributed by atoms with van der Waals surface area (Å²) in [5.74, 6) is 0.254. The number of aromatic nitrogens is 1. The molecular formula is C16H11ClFNO2. The van der Waals surface area contributed by atoms with Crippen molar-refractivity contribution in [1.82, 2.24) is 4.98 Å². The van der Waals surface area contributed by atoms with Gasteiger partial charge in [-0.25, -0.2) is 9.37 Å². The van der Waals surface area contributed by atoms with E-state index in [1.807, 2.05) is 24.3 Å².